The lowest BCUT2D eigenvalue weighted by Gasteiger charge is -2.42. The van der Waals surface area contributed by atoms with Gasteiger partial charge in [0.2, 0.25) is 0 Å². The van der Waals surface area contributed by atoms with Gasteiger partial charge in [-0.25, -0.2) is 0 Å². The molecular weight excluding hydrogens is 432 g/mol. The molecule has 3 aromatic rings. The Labute approximate surface area is 177 Å². The Kier molecular flexibility index (Phi) is 4.40. The van der Waals surface area contributed by atoms with Crippen molar-refractivity contribution < 1.29 is 0 Å². The molecule has 3 nitrogen and oxygen atoms in total. The van der Waals surface area contributed by atoms with Gasteiger partial charge in [-0.05, 0) is 55.2 Å². The van der Waals surface area contributed by atoms with Gasteiger partial charge in [0.05, 0.1) is 11.4 Å². The lowest BCUT2D eigenvalue weighted by molar-refractivity contribution is 0.284. The standard InChI is InChI=1S/C23H21BrN2OS/c24-16-8-6-9-17(13-16)26-21(27)19-20(25-22(26)28)18-10-3-2-7-15(18)14-23(19)11-4-1-5-12-23/h2-3,6-10,13H,1,4-5,11-12,14H2,(H,25,28). The first kappa shape index (κ1) is 18.1. The fourth-order valence-corrected chi connectivity index (χ4v) is 5.78. The third kappa shape index (κ3) is 2.75. The van der Waals surface area contributed by atoms with Crippen LogP contribution in [0.2, 0.25) is 0 Å². The van der Waals surface area contributed by atoms with Gasteiger partial charge in [0.25, 0.3) is 5.56 Å². The zero-order valence-electron chi connectivity index (χ0n) is 15.5. The van der Waals surface area contributed by atoms with E-state index in [9.17, 15) is 4.79 Å². The number of aromatic nitrogens is 2. The maximum atomic E-state index is 13.9. The third-order valence-electron chi connectivity index (χ3n) is 6.32. The number of benzene rings is 2. The molecule has 1 saturated carbocycles. The predicted molar refractivity (Wildman–Crippen MR) is 119 cm³/mol. The predicted octanol–water partition coefficient (Wildman–Crippen LogP) is 6.08. The SMILES string of the molecule is O=c1c2c([nH]c(=S)n1-c1cccc(Br)c1)-c1ccccc1CC21CCCCC1. The van der Waals surface area contributed by atoms with Crippen LogP contribution in [0.15, 0.2) is 57.8 Å². The number of H-pyrrole nitrogens is 1. The van der Waals surface area contributed by atoms with Crippen molar-refractivity contribution in [1.29, 1.82) is 0 Å². The fraction of sp³-hybridized carbons (Fsp3) is 0.304. The van der Waals surface area contributed by atoms with Gasteiger partial charge in [-0.15, -0.1) is 0 Å². The second-order valence-corrected chi connectivity index (χ2v) is 9.28. The maximum Gasteiger partial charge on any atom is 0.263 e. The van der Waals surface area contributed by atoms with Crippen LogP contribution in [-0.4, -0.2) is 9.55 Å². The lowest BCUT2D eigenvalue weighted by Crippen LogP contribution is -2.42. The van der Waals surface area contributed by atoms with E-state index in [0.29, 0.717) is 4.77 Å². The average molecular weight is 453 g/mol. The Morgan fingerprint density at radius 1 is 1.04 bits per heavy atom. The Morgan fingerprint density at radius 2 is 1.82 bits per heavy atom. The minimum atomic E-state index is -0.0910. The van der Waals surface area contributed by atoms with E-state index >= 15 is 0 Å². The van der Waals surface area contributed by atoms with Crippen molar-refractivity contribution in [2.75, 3.05) is 0 Å². The number of rotatable bonds is 1. The highest BCUT2D eigenvalue weighted by Gasteiger charge is 2.42. The molecule has 2 aromatic carbocycles. The molecule has 1 N–H and O–H groups in total. The number of hydrogen-bond acceptors (Lipinski definition) is 2. The quantitative estimate of drug-likeness (QED) is 0.454. The maximum absolute atomic E-state index is 13.9. The highest BCUT2D eigenvalue weighted by molar-refractivity contribution is 9.10. The van der Waals surface area contributed by atoms with E-state index in [4.69, 9.17) is 12.2 Å². The normalized spacial score (nSPS) is 17.2. The summed E-state index contributed by atoms with van der Waals surface area (Å²) in [4.78, 5) is 17.3. The van der Waals surface area contributed by atoms with E-state index in [1.54, 1.807) is 4.57 Å². The zero-order chi connectivity index (χ0) is 19.3. The van der Waals surface area contributed by atoms with Crippen LogP contribution in [0.1, 0.15) is 43.2 Å². The molecule has 0 atom stereocenters. The van der Waals surface area contributed by atoms with Gasteiger partial charge in [-0.1, -0.05) is 65.5 Å². The van der Waals surface area contributed by atoms with Crippen LogP contribution in [0, 0.1) is 4.77 Å². The van der Waals surface area contributed by atoms with Crippen molar-refractivity contribution in [3.63, 3.8) is 0 Å². The Balaban J connectivity index is 1.85. The van der Waals surface area contributed by atoms with Crippen molar-refractivity contribution >= 4 is 28.1 Å². The molecule has 0 aliphatic heterocycles. The Morgan fingerprint density at radius 3 is 2.61 bits per heavy atom. The highest BCUT2D eigenvalue weighted by atomic mass is 79.9. The van der Waals surface area contributed by atoms with Gasteiger partial charge >= 0.3 is 0 Å². The van der Waals surface area contributed by atoms with Crippen LogP contribution < -0.4 is 5.56 Å². The molecule has 28 heavy (non-hydrogen) atoms. The van der Waals surface area contributed by atoms with E-state index in [1.807, 2.05) is 30.3 Å². The first-order chi connectivity index (χ1) is 13.6. The van der Waals surface area contributed by atoms with Crippen LogP contribution >= 0.6 is 28.1 Å². The van der Waals surface area contributed by atoms with Crippen molar-refractivity contribution in [1.82, 2.24) is 9.55 Å². The number of nitrogens with one attached hydrogen (secondary N) is 1. The molecule has 5 rings (SSSR count). The molecule has 5 heteroatoms. The van der Waals surface area contributed by atoms with E-state index in [2.05, 4.69) is 39.1 Å². The van der Waals surface area contributed by atoms with Gasteiger partial charge in [0.1, 0.15) is 0 Å². The molecule has 1 heterocycles. The first-order valence-corrected chi connectivity index (χ1v) is 11.0. The number of halogens is 1. The summed E-state index contributed by atoms with van der Waals surface area (Å²) >= 11 is 9.18. The summed E-state index contributed by atoms with van der Waals surface area (Å²) in [5.41, 5.74) is 5.05. The number of hydrogen-bond donors (Lipinski definition) is 1. The molecule has 2 aliphatic carbocycles. The monoisotopic (exact) mass is 452 g/mol. The summed E-state index contributed by atoms with van der Waals surface area (Å²) in [6, 6.07) is 16.2. The smallest absolute Gasteiger partial charge is 0.263 e. The molecule has 0 bridgehead atoms. The number of aromatic amines is 1. The van der Waals surface area contributed by atoms with E-state index < -0.39 is 0 Å². The molecular formula is C23H21BrN2OS. The molecule has 0 amide bonds. The van der Waals surface area contributed by atoms with Gasteiger partial charge < -0.3 is 4.98 Å². The largest absolute Gasteiger partial charge is 0.331 e. The summed E-state index contributed by atoms with van der Waals surface area (Å²) in [5, 5.41) is 0. The highest BCUT2D eigenvalue weighted by Crippen LogP contribution is 2.48. The van der Waals surface area contributed by atoms with Crippen LogP contribution in [0.4, 0.5) is 0 Å². The van der Waals surface area contributed by atoms with Gasteiger partial charge in [-0.3, -0.25) is 9.36 Å². The van der Waals surface area contributed by atoms with Crippen molar-refractivity contribution in [2.45, 2.75) is 43.9 Å². The van der Waals surface area contributed by atoms with Gasteiger partial charge in [0.15, 0.2) is 4.77 Å². The zero-order valence-corrected chi connectivity index (χ0v) is 17.9. The molecule has 0 unspecified atom stereocenters. The van der Waals surface area contributed by atoms with Crippen molar-refractivity contribution in [3.8, 4) is 16.9 Å². The molecule has 1 spiro atoms. The summed E-state index contributed by atoms with van der Waals surface area (Å²) in [6.07, 6.45) is 6.66. The molecule has 0 radical (unpaired) electrons. The Bertz CT molecular complexity index is 1190. The third-order valence-corrected chi connectivity index (χ3v) is 7.10. The molecule has 2 aliphatic rings. The molecule has 1 fully saturated rings. The first-order valence-electron chi connectivity index (χ1n) is 9.83. The number of nitrogens with zero attached hydrogens (tertiary/aromatic N) is 1. The minimum Gasteiger partial charge on any atom is -0.331 e. The summed E-state index contributed by atoms with van der Waals surface area (Å²) < 4.78 is 3.05. The van der Waals surface area contributed by atoms with Crippen molar-refractivity contribution in [2.24, 2.45) is 0 Å². The summed E-state index contributed by atoms with van der Waals surface area (Å²) in [7, 11) is 0. The summed E-state index contributed by atoms with van der Waals surface area (Å²) in [5.74, 6) is 0. The second kappa shape index (κ2) is 6.82. The second-order valence-electron chi connectivity index (χ2n) is 7.98. The van der Waals surface area contributed by atoms with E-state index in [1.165, 1.54) is 24.8 Å². The van der Waals surface area contributed by atoms with E-state index in [0.717, 1.165) is 46.2 Å². The Hall–Kier alpha value is -1.98. The van der Waals surface area contributed by atoms with Crippen LogP contribution in [-0.2, 0) is 11.8 Å². The molecule has 1 aromatic heterocycles. The topological polar surface area (TPSA) is 37.8 Å². The average Bonchev–Trinajstić information content (AvgIpc) is 2.68. The van der Waals surface area contributed by atoms with Gasteiger partial charge in [0, 0.05) is 21.0 Å². The molecule has 142 valence electrons. The van der Waals surface area contributed by atoms with Crippen molar-refractivity contribution in [3.05, 3.63) is 79.3 Å². The van der Waals surface area contributed by atoms with Crippen LogP contribution in [0.25, 0.3) is 16.9 Å². The molecule has 0 saturated heterocycles. The van der Waals surface area contributed by atoms with Crippen LogP contribution in [0.5, 0.6) is 0 Å². The minimum absolute atomic E-state index is 0.0354. The van der Waals surface area contributed by atoms with Crippen LogP contribution in [0.3, 0.4) is 0 Å². The van der Waals surface area contributed by atoms with E-state index in [-0.39, 0.29) is 11.0 Å². The van der Waals surface area contributed by atoms with Gasteiger partial charge in [-0.2, -0.15) is 0 Å². The fourth-order valence-electron chi connectivity index (χ4n) is 5.11. The lowest BCUT2D eigenvalue weighted by atomic mass is 9.62. The number of fused-ring (bicyclic) bond motifs is 4. The summed E-state index contributed by atoms with van der Waals surface area (Å²) in [6.45, 7) is 0.